The largest absolute Gasteiger partial charge is 0.351 e. The van der Waals surface area contributed by atoms with Crippen molar-refractivity contribution in [3.8, 4) is 0 Å². The third-order valence-electron chi connectivity index (χ3n) is 4.00. The zero-order chi connectivity index (χ0) is 13.2. The first-order valence-electron chi connectivity index (χ1n) is 7.19. The monoisotopic (exact) mass is 281 g/mol. The molecule has 1 aromatic rings. The number of rotatable bonds is 4. The van der Waals surface area contributed by atoms with E-state index in [0.717, 1.165) is 25.0 Å². The molecule has 2 atom stereocenters. The van der Waals surface area contributed by atoms with E-state index in [1.165, 1.54) is 32.1 Å². The minimum Gasteiger partial charge on any atom is -0.351 e. The molecular weight excluding hydrogens is 262 g/mol. The molecule has 2 fully saturated rings. The molecule has 1 saturated heterocycles. The average Bonchev–Trinajstić information content (AvgIpc) is 3.17. The van der Waals surface area contributed by atoms with Gasteiger partial charge in [-0.05, 0) is 43.2 Å². The third kappa shape index (κ3) is 3.08. The van der Waals surface area contributed by atoms with Gasteiger partial charge in [0.2, 0.25) is 17.2 Å². The summed E-state index contributed by atoms with van der Waals surface area (Å²) in [5.41, 5.74) is 0. The molecule has 1 aliphatic heterocycles. The topological polar surface area (TPSA) is 53.9 Å². The van der Waals surface area contributed by atoms with Crippen LogP contribution < -0.4 is 10.2 Å². The van der Waals surface area contributed by atoms with Gasteiger partial charge >= 0.3 is 0 Å². The standard InChI is InChI=1S/C13H20ClN5/c1-2-9-8-10(9)15-12-16-11(14)17-13(18-12)19-6-4-3-5-7-19/h9-10H,2-8H2,1H3,(H,15,16,17,18). The Morgan fingerprint density at radius 1 is 1.21 bits per heavy atom. The van der Waals surface area contributed by atoms with Gasteiger partial charge in [0.1, 0.15) is 0 Å². The molecule has 1 N–H and O–H groups in total. The first-order chi connectivity index (χ1) is 9.26. The summed E-state index contributed by atoms with van der Waals surface area (Å²) in [7, 11) is 0. The molecule has 0 spiro atoms. The van der Waals surface area contributed by atoms with Gasteiger partial charge in [0.05, 0.1) is 0 Å². The van der Waals surface area contributed by atoms with Crippen molar-refractivity contribution >= 4 is 23.5 Å². The van der Waals surface area contributed by atoms with E-state index in [1.807, 2.05) is 0 Å². The van der Waals surface area contributed by atoms with Gasteiger partial charge in [-0.25, -0.2) is 0 Å². The molecule has 104 valence electrons. The quantitative estimate of drug-likeness (QED) is 0.920. The Hall–Kier alpha value is -1.10. The van der Waals surface area contributed by atoms with Gasteiger partial charge in [-0.2, -0.15) is 15.0 Å². The van der Waals surface area contributed by atoms with Gasteiger partial charge in [0, 0.05) is 19.1 Å². The normalized spacial score (nSPS) is 26.3. The molecule has 2 aliphatic rings. The maximum Gasteiger partial charge on any atom is 0.231 e. The van der Waals surface area contributed by atoms with Crippen molar-refractivity contribution in [1.82, 2.24) is 15.0 Å². The highest BCUT2D eigenvalue weighted by molar-refractivity contribution is 6.28. The van der Waals surface area contributed by atoms with Gasteiger partial charge in [0.15, 0.2) is 0 Å². The van der Waals surface area contributed by atoms with Crippen LogP contribution in [0.25, 0.3) is 0 Å². The molecule has 2 unspecified atom stereocenters. The summed E-state index contributed by atoms with van der Waals surface area (Å²) in [6.45, 7) is 4.24. The average molecular weight is 282 g/mol. The van der Waals surface area contributed by atoms with Crippen LogP contribution in [0, 0.1) is 5.92 Å². The fraction of sp³-hybridized carbons (Fsp3) is 0.769. The number of nitrogens with zero attached hydrogens (tertiary/aromatic N) is 4. The van der Waals surface area contributed by atoms with Crippen LogP contribution in [0.2, 0.25) is 5.28 Å². The summed E-state index contributed by atoms with van der Waals surface area (Å²) in [4.78, 5) is 15.2. The Morgan fingerprint density at radius 2 is 2.00 bits per heavy atom. The minimum absolute atomic E-state index is 0.284. The van der Waals surface area contributed by atoms with Crippen molar-refractivity contribution in [3.63, 3.8) is 0 Å². The number of hydrogen-bond donors (Lipinski definition) is 1. The molecule has 0 aromatic carbocycles. The van der Waals surface area contributed by atoms with E-state index in [4.69, 9.17) is 11.6 Å². The van der Waals surface area contributed by atoms with E-state index < -0.39 is 0 Å². The predicted molar refractivity (Wildman–Crippen MR) is 76.7 cm³/mol. The number of halogens is 1. The van der Waals surface area contributed by atoms with Crippen LogP contribution in [0.15, 0.2) is 0 Å². The summed E-state index contributed by atoms with van der Waals surface area (Å²) in [5.74, 6) is 2.10. The summed E-state index contributed by atoms with van der Waals surface area (Å²) >= 11 is 6.01. The maximum absolute atomic E-state index is 6.01. The van der Waals surface area contributed by atoms with E-state index in [0.29, 0.717) is 12.0 Å². The van der Waals surface area contributed by atoms with Crippen LogP contribution in [0.4, 0.5) is 11.9 Å². The van der Waals surface area contributed by atoms with Crippen LogP contribution in [-0.2, 0) is 0 Å². The Kier molecular flexibility index (Phi) is 3.73. The third-order valence-corrected chi connectivity index (χ3v) is 4.17. The maximum atomic E-state index is 6.01. The van der Waals surface area contributed by atoms with Crippen LogP contribution in [0.1, 0.15) is 39.0 Å². The van der Waals surface area contributed by atoms with Crippen LogP contribution in [0.5, 0.6) is 0 Å². The van der Waals surface area contributed by atoms with Gasteiger partial charge in [-0.1, -0.05) is 13.3 Å². The summed E-state index contributed by atoms with van der Waals surface area (Å²) in [5, 5.41) is 3.65. The summed E-state index contributed by atoms with van der Waals surface area (Å²) < 4.78 is 0. The van der Waals surface area contributed by atoms with E-state index in [2.05, 4.69) is 32.1 Å². The highest BCUT2D eigenvalue weighted by Crippen LogP contribution is 2.35. The molecule has 5 nitrogen and oxygen atoms in total. The minimum atomic E-state index is 0.284. The van der Waals surface area contributed by atoms with Gasteiger partial charge in [-0.3, -0.25) is 0 Å². The molecule has 2 heterocycles. The van der Waals surface area contributed by atoms with Crippen molar-refractivity contribution in [2.75, 3.05) is 23.3 Å². The molecule has 1 aromatic heterocycles. The molecule has 1 saturated carbocycles. The second-order valence-corrected chi connectivity index (χ2v) is 5.77. The smallest absolute Gasteiger partial charge is 0.231 e. The fourth-order valence-electron chi connectivity index (χ4n) is 2.68. The van der Waals surface area contributed by atoms with Crippen molar-refractivity contribution < 1.29 is 0 Å². The van der Waals surface area contributed by atoms with Gasteiger partial charge < -0.3 is 10.2 Å². The first-order valence-corrected chi connectivity index (χ1v) is 7.57. The second kappa shape index (κ2) is 5.49. The lowest BCUT2D eigenvalue weighted by molar-refractivity contribution is 0.567. The van der Waals surface area contributed by atoms with E-state index in [1.54, 1.807) is 0 Å². The summed E-state index contributed by atoms with van der Waals surface area (Å²) in [6, 6.07) is 0.512. The van der Waals surface area contributed by atoms with Crippen LogP contribution >= 0.6 is 11.6 Å². The number of hydrogen-bond acceptors (Lipinski definition) is 5. The van der Waals surface area contributed by atoms with Crippen molar-refractivity contribution in [2.24, 2.45) is 5.92 Å². The zero-order valence-electron chi connectivity index (χ0n) is 11.3. The molecular formula is C13H20ClN5. The predicted octanol–water partition coefficient (Wildman–Crippen LogP) is 2.73. The van der Waals surface area contributed by atoms with Crippen molar-refractivity contribution in [1.29, 1.82) is 0 Å². The molecule has 0 amide bonds. The van der Waals surface area contributed by atoms with Crippen LogP contribution in [-0.4, -0.2) is 34.1 Å². The number of aromatic nitrogens is 3. The lowest BCUT2D eigenvalue weighted by Crippen LogP contribution is -2.31. The van der Waals surface area contributed by atoms with Crippen LogP contribution in [0.3, 0.4) is 0 Å². The van der Waals surface area contributed by atoms with E-state index in [-0.39, 0.29) is 5.28 Å². The molecule has 0 bridgehead atoms. The van der Waals surface area contributed by atoms with E-state index >= 15 is 0 Å². The Labute approximate surface area is 118 Å². The van der Waals surface area contributed by atoms with Crippen molar-refractivity contribution in [3.05, 3.63) is 5.28 Å². The van der Waals surface area contributed by atoms with Gasteiger partial charge in [0.25, 0.3) is 0 Å². The molecule has 1 aliphatic carbocycles. The lowest BCUT2D eigenvalue weighted by atomic mass is 10.1. The molecule has 6 heteroatoms. The molecule has 3 rings (SSSR count). The fourth-order valence-corrected chi connectivity index (χ4v) is 2.84. The number of piperidine rings is 1. The lowest BCUT2D eigenvalue weighted by Gasteiger charge is -2.26. The zero-order valence-corrected chi connectivity index (χ0v) is 12.0. The van der Waals surface area contributed by atoms with Crippen molar-refractivity contribution in [2.45, 2.75) is 45.1 Å². The number of nitrogens with one attached hydrogen (secondary N) is 1. The number of anilines is 2. The Balaban J connectivity index is 1.72. The Morgan fingerprint density at radius 3 is 2.68 bits per heavy atom. The molecule has 0 radical (unpaired) electrons. The SMILES string of the molecule is CCC1CC1Nc1nc(Cl)nc(N2CCCCC2)n1. The van der Waals surface area contributed by atoms with Gasteiger partial charge in [-0.15, -0.1) is 0 Å². The highest BCUT2D eigenvalue weighted by Gasteiger charge is 2.36. The summed E-state index contributed by atoms with van der Waals surface area (Å²) in [6.07, 6.45) is 6.11. The van der Waals surface area contributed by atoms with E-state index in [9.17, 15) is 0 Å². The molecule has 19 heavy (non-hydrogen) atoms. The highest BCUT2D eigenvalue weighted by atomic mass is 35.5. The second-order valence-electron chi connectivity index (χ2n) is 5.43. The Bertz CT molecular complexity index is 447. The first kappa shape index (κ1) is 12.9.